The molecule has 0 bridgehead atoms. The molecule has 0 amide bonds. The van der Waals surface area contributed by atoms with Crippen LogP contribution in [0.1, 0.15) is 42.4 Å². The van der Waals surface area contributed by atoms with Crippen molar-refractivity contribution in [3.63, 3.8) is 0 Å². The number of rotatable bonds is 13. The number of benzene rings is 3. The lowest BCUT2D eigenvalue weighted by Gasteiger charge is -2.12. The zero-order chi connectivity index (χ0) is 28.3. The van der Waals surface area contributed by atoms with Crippen LogP contribution in [0.2, 0.25) is 0 Å². The van der Waals surface area contributed by atoms with Crippen LogP contribution in [0.25, 0.3) is 22.3 Å². The van der Waals surface area contributed by atoms with Crippen LogP contribution in [-0.4, -0.2) is 18.1 Å². The second-order valence-electron chi connectivity index (χ2n) is 9.11. The van der Waals surface area contributed by atoms with Crippen molar-refractivity contribution in [2.24, 2.45) is 0 Å². The summed E-state index contributed by atoms with van der Waals surface area (Å²) in [5.41, 5.74) is 6.56. The number of hydrogen-bond donors (Lipinski definition) is 0. The van der Waals surface area contributed by atoms with Crippen molar-refractivity contribution in [2.75, 3.05) is 0 Å². The summed E-state index contributed by atoms with van der Waals surface area (Å²) in [6.07, 6.45) is -0.734. The fraction of sp³-hybridized carbons (Fsp3) is 0.250. The highest BCUT2D eigenvalue weighted by molar-refractivity contribution is 5.81. The Morgan fingerprint density at radius 2 is 1.10 bits per heavy atom. The van der Waals surface area contributed by atoms with Crippen molar-refractivity contribution in [3.8, 4) is 22.3 Å². The van der Waals surface area contributed by atoms with Crippen LogP contribution < -0.4 is 0 Å². The maximum Gasteiger partial charge on any atom is 0.389 e. The van der Waals surface area contributed by atoms with Crippen LogP contribution in [-0.2, 0) is 38.7 Å². The van der Waals surface area contributed by atoms with Crippen molar-refractivity contribution in [2.45, 2.75) is 51.5 Å². The van der Waals surface area contributed by atoms with Crippen LogP contribution in [0.4, 0.5) is 13.2 Å². The van der Waals surface area contributed by atoms with Crippen LogP contribution >= 0.6 is 0 Å². The minimum absolute atomic E-state index is 0.117. The molecule has 3 rings (SSSR count). The van der Waals surface area contributed by atoms with E-state index >= 15 is 0 Å². The molecule has 39 heavy (non-hydrogen) atoms. The summed E-state index contributed by atoms with van der Waals surface area (Å²) in [7, 11) is 0. The van der Waals surface area contributed by atoms with Crippen LogP contribution in [0.5, 0.6) is 0 Å². The predicted octanol–water partition coefficient (Wildman–Crippen LogP) is 8.14. The molecule has 0 spiro atoms. The summed E-state index contributed by atoms with van der Waals surface area (Å²) >= 11 is 0. The first-order valence-electron chi connectivity index (χ1n) is 12.6. The van der Waals surface area contributed by atoms with Gasteiger partial charge in [0.25, 0.3) is 0 Å². The second-order valence-corrected chi connectivity index (χ2v) is 9.11. The van der Waals surface area contributed by atoms with Gasteiger partial charge in [-0.25, -0.2) is 9.59 Å². The summed E-state index contributed by atoms with van der Waals surface area (Å²) in [6.45, 7) is 7.06. The van der Waals surface area contributed by atoms with Crippen molar-refractivity contribution >= 4 is 11.9 Å². The third-order valence-electron chi connectivity index (χ3n) is 6.09. The van der Waals surface area contributed by atoms with Crippen molar-refractivity contribution < 1.29 is 32.2 Å². The Labute approximate surface area is 226 Å². The van der Waals surface area contributed by atoms with E-state index in [1.807, 2.05) is 48.5 Å². The van der Waals surface area contributed by atoms with Crippen LogP contribution in [0.15, 0.2) is 92.0 Å². The molecule has 204 valence electrons. The summed E-state index contributed by atoms with van der Waals surface area (Å²) in [5, 5.41) is 0. The van der Waals surface area contributed by atoms with Crippen LogP contribution in [0.3, 0.4) is 0 Å². The Morgan fingerprint density at radius 1 is 0.641 bits per heavy atom. The van der Waals surface area contributed by atoms with E-state index in [4.69, 9.17) is 9.47 Å². The first-order chi connectivity index (χ1) is 18.7. The number of carbonyl (C=O) groups is 2. The zero-order valence-corrected chi connectivity index (χ0v) is 21.6. The van der Waals surface area contributed by atoms with Crippen molar-refractivity contribution in [3.05, 3.63) is 109 Å². The standard InChI is InChI=1S/C32H31F3O4/c1-3-30(36)38-21-23-9-13-26(14-10-23)28-18-25(8-6-5-7-17-32(33,34)35)19-29(20-28)27-15-11-24(12-16-27)22-39-31(37)4-2/h3-4,9-16,18-20H,1-2,5-8,17,21-22H2. The Kier molecular flexibility index (Phi) is 10.7. The third-order valence-corrected chi connectivity index (χ3v) is 6.09. The number of aryl methyl sites for hydroxylation is 1. The molecule has 7 heteroatoms. The first-order valence-corrected chi connectivity index (χ1v) is 12.6. The topological polar surface area (TPSA) is 52.6 Å². The van der Waals surface area contributed by atoms with E-state index in [1.54, 1.807) is 0 Å². The third kappa shape index (κ3) is 9.93. The van der Waals surface area contributed by atoms with E-state index < -0.39 is 24.5 Å². The molecule has 0 aliphatic rings. The highest BCUT2D eigenvalue weighted by atomic mass is 19.4. The SMILES string of the molecule is C=CC(=O)OCc1ccc(-c2cc(CCCCCC(F)(F)F)cc(-c3ccc(COC(=O)C=C)cc3)c2)cc1. The molecule has 0 saturated heterocycles. The molecular formula is C32H31F3O4. The predicted molar refractivity (Wildman–Crippen MR) is 146 cm³/mol. The second kappa shape index (κ2) is 14.1. The van der Waals surface area contributed by atoms with Gasteiger partial charge in [0.1, 0.15) is 13.2 Å². The van der Waals surface area contributed by atoms with Gasteiger partial charge in [-0.05, 0) is 64.3 Å². The van der Waals surface area contributed by atoms with Gasteiger partial charge in [-0.1, -0.05) is 80.2 Å². The van der Waals surface area contributed by atoms with Gasteiger partial charge in [-0.2, -0.15) is 13.2 Å². The van der Waals surface area contributed by atoms with Crippen molar-refractivity contribution in [1.82, 2.24) is 0 Å². The summed E-state index contributed by atoms with van der Waals surface area (Å²) in [6, 6.07) is 21.5. The maximum atomic E-state index is 12.5. The summed E-state index contributed by atoms with van der Waals surface area (Å²) in [4.78, 5) is 22.7. The minimum atomic E-state index is -4.13. The van der Waals surface area contributed by atoms with E-state index in [1.165, 1.54) is 0 Å². The molecule has 0 unspecified atom stereocenters. The monoisotopic (exact) mass is 536 g/mol. The number of alkyl halides is 3. The molecule has 0 fully saturated rings. The van der Waals surface area contributed by atoms with Gasteiger partial charge in [-0.15, -0.1) is 0 Å². The van der Waals surface area contributed by atoms with E-state index in [0.717, 1.165) is 51.1 Å². The van der Waals surface area contributed by atoms with E-state index in [2.05, 4.69) is 31.4 Å². The lowest BCUT2D eigenvalue weighted by Crippen LogP contribution is -2.06. The van der Waals surface area contributed by atoms with Crippen molar-refractivity contribution in [1.29, 1.82) is 0 Å². The van der Waals surface area contributed by atoms with Crippen LogP contribution in [0, 0.1) is 0 Å². The van der Waals surface area contributed by atoms with Gasteiger partial charge in [0.2, 0.25) is 0 Å². The molecule has 0 N–H and O–H groups in total. The lowest BCUT2D eigenvalue weighted by atomic mass is 9.93. The Balaban J connectivity index is 1.81. The molecular weight excluding hydrogens is 505 g/mol. The quantitative estimate of drug-likeness (QED) is 0.126. The number of ether oxygens (including phenoxy) is 2. The van der Waals surface area contributed by atoms with Gasteiger partial charge >= 0.3 is 18.1 Å². The molecule has 0 aromatic heterocycles. The maximum absolute atomic E-state index is 12.5. The Morgan fingerprint density at radius 3 is 1.51 bits per heavy atom. The Hall–Kier alpha value is -4.13. The lowest BCUT2D eigenvalue weighted by molar-refractivity contribution is -0.139. The number of unbranched alkanes of at least 4 members (excludes halogenated alkanes) is 2. The smallest absolute Gasteiger partial charge is 0.389 e. The number of carbonyl (C=O) groups excluding carboxylic acids is 2. The van der Waals surface area contributed by atoms with E-state index in [-0.39, 0.29) is 19.6 Å². The number of halogens is 3. The number of esters is 2. The highest BCUT2D eigenvalue weighted by Crippen LogP contribution is 2.30. The molecule has 0 aliphatic heterocycles. The van der Waals surface area contributed by atoms with Gasteiger partial charge in [0.15, 0.2) is 0 Å². The average Bonchev–Trinajstić information content (AvgIpc) is 2.94. The molecule has 0 aliphatic carbocycles. The highest BCUT2D eigenvalue weighted by Gasteiger charge is 2.25. The normalized spacial score (nSPS) is 11.1. The summed E-state index contributed by atoms with van der Waals surface area (Å²) in [5.74, 6) is -0.979. The van der Waals surface area contributed by atoms with Gasteiger partial charge in [-0.3, -0.25) is 0 Å². The van der Waals surface area contributed by atoms with E-state index in [0.29, 0.717) is 19.3 Å². The molecule has 0 atom stereocenters. The Bertz CT molecular complexity index is 1190. The summed E-state index contributed by atoms with van der Waals surface area (Å²) < 4.78 is 47.7. The largest absolute Gasteiger partial charge is 0.458 e. The fourth-order valence-corrected chi connectivity index (χ4v) is 4.01. The molecule has 0 saturated carbocycles. The van der Waals surface area contributed by atoms with Gasteiger partial charge in [0.05, 0.1) is 0 Å². The van der Waals surface area contributed by atoms with E-state index in [9.17, 15) is 22.8 Å². The molecule has 0 radical (unpaired) electrons. The first kappa shape index (κ1) is 29.4. The molecule has 3 aromatic rings. The molecule has 0 heterocycles. The zero-order valence-electron chi connectivity index (χ0n) is 21.6. The molecule has 3 aromatic carbocycles. The molecule has 4 nitrogen and oxygen atoms in total. The fourth-order valence-electron chi connectivity index (χ4n) is 4.01. The average molecular weight is 537 g/mol. The number of hydrogen-bond acceptors (Lipinski definition) is 4. The van der Waals surface area contributed by atoms with Gasteiger partial charge < -0.3 is 9.47 Å². The minimum Gasteiger partial charge on any atom is -0.458 e. The van der Waals surface area contributed by atoms with Gasteiger partial charge in [0, 0.05) is 18.6 Å².